The highest BCUT2D eigenvalue weighted by molar-refractivity contribution is 7.19. The molecule has 0 spiro atoms. The van der Waals surface area contributed by atoms with Gasteiger partial charge in [-0.1, -0.05) is 11.6 Å². The minimum Gasteiger partial charge on any atom is -0.329 e. The van der Waals surface area contributed by atoms with Crippen LogP contribution in [0.4, 0.5) is 0 Å². The molecular formula is C16H14ClN3OS. The second kappa shape index (κ2) is 5.50. The van der Waals surface area contributed by atoms with E-state index < -0.39 is 0 Å². The first-order chi connectivity index (χ1) is 10.7. The molecule has 0 aliphatic carbocycles. The number of pyridine rings is 2. The smallest absolute Gasteiger partial charge is 0.252 e. The van der Waals surface area contributed by atoms with Crippen LogP contribution in [-0.4, -0.2) is 21.4 Å². The highest BCUT2D eigenvalue weighted by Gasteiger charge is 2.19. The van der Waals surface area contributed by atoms with Crippen molar-refractivity contribution in [3.8, 4) is 0 Å². The molecule has 1 N–H and O–H groups in total. The van der Waals surface area contributed by atoms with Gasteiger partial charge in [0.05, 0.1) is 4.70 Å². The second-order valence-electron chi connectivity index (χ2n) is 5.50. The van der Waals surface area contributed by atoms with Crippen LogP contribution in [0.1, 0.15) is 16.0 Å². The van der Waals surface area contributed by atoms with Crippen molar-refractivity contribution in [2.24, 2.45) is 0 Å². The van der Waals surface area contributed by atoms with Crippen molar-refractivity contribution in [1.29, 1.82) is 0 Å². The number of halogens is 1. The summed E-state index contributed by atoms with van der Waals surface area (Å²) in [6, 6.07) is 6.16. The van der Waals surface area contributed by atoms with Gasteiger partial charge in [0.25, 0.3) is 5.56 Å². The molecule has 4 rings (SSSR count). The van der Waals surface area contributed by atoms with Crippen LogP contribution in [0, 0.1) is 0 Å². The zero-order chi connectivity index (χ0) is 15.1. The Kier molecular flexibility index (Phi) is 3.48. The highest BCUT2D eigenvalue weighted by atomic mass is 35.5. The molecule has 0 saturated heterocycles. The maximum Gasteiger partial charge on any atom is 0.252 e. The first-order valence-electron chi connectivity index (χ1n) is 7.15. The molecule has 0 atom stereocenters. The van der Waals surface area contributed by atoms with Gasteiger partial charge in [0.1, 0.15) is 5.15 Å². The van der Waals surface area contributed by atoms with Crippen molar-refractivity contribution in [2.45, 2.75) is 19.5 Å². The number of aromatic nitrogens is 2. The van der Waals surface area contributed by atoms with Gasteiger partial charge in [-0.05, 0) is 35.6 Å². The summed E-state index contributed by atoms with van der Waals surface area (Å²) >= 11 is 7.82. The largest absolute Gasteiger partial charge is 0.329 e. The van der Waals surface area contributed by atoms with Crippen LogP contribution >= 0.6 is 22.9 Å². The predicted molar refractivity (Wildman–Crippen MR) is 89.5 cm³/mol. The summed E-state index contributed by atoms with van der Waals surface area (Å²) in [6.45, 7) is 2.51. The van der Waals surface area contributed by atoms with E-state index in [-0.39, 0.29) is 5.56 Å². The number of nitrogens with zero attached hydrogens (tertiary/aromatic N) is 2. The van der Waals surface area contributed by atoms with Gasteiger partial charge in [0, 0.05) is 42.5 Å². The van der Waals surface area contributed by atoms with Gasteiger partial charge >= 0.3 is 0 Å². The van der Waals surface area contributed by atoms with Crippen LogP contribution in [0.3, 0.4) is 0 Å². The first-order valence-corrected chi connectivity index (χ1v) is 8.35. The first kappa shape index (κ1) is 13.9. The standard InChI is InChI=1S/C16H14ClN3OS/c17-15-14-11(2-4-18-15)7-12(22-14)8-20-6-3-10-1-5-19-16(21)13(10)9-20/h1-2,4-5,7H,3,6,8-9H2,(H,19,21). The van der Waals surface area contributed by atoms with Crippen molar-refractivity contribution in [2.75, 3.05) is 6.54 Å². The third-order valence-electron chi connectivity index (χ3n) is 4.06. The third-order valence-corrected chi connectivity index (χ3v) is 5.60. The van der Waals surface area contributed by atoms with Crippen LogP contribution in [0.5, 0.6) is 0 Å². The number of thiophene rings is 1. The molecule has 4 nitrogen and oxygen atoms in total. The van der Waals surface area contributed by atoms with Crippen molar-refractivity contribution in [3.05, 3.63) is 62.1 Å². The van der Waals surface area contributed by atoms with E-state index in [0.717, 1.165) is 35.2 Å². The number of hydrogen-bond donors (Lipinski definition) is 1. The minimum atomic E-state index is 0.0331. The molecule has 6 heteroatoms. The molecule has 0 amide bonds. The molecule has 3 aromatic heterocycles. The van der Waals surface area contributed by atoms with Crippen LogP contribution < -0.4 is 5.56 Å². The van der Waals surface area contributed by atoms with E-state index in [0.29, 0.717) is 11.7 Å². The van der Waals surface area contributed by atoms with Crippen molar-refractivity contribution < 1.29 is 0 Å². The zero-order valence-electron chi connectivity index (χ0n) is 11.8. The lowest BCUT2D eigenvalue weighted by Gasteiger charge is -2.27. The van der Waals surface area contributed by atoms with E-state index in [1.165, 1.54) is 10.4 Å². The second-order valence-corrected chi connectivity index (χ2v) is 7.00. The maximum absolute atomic E-state index is 11.9. The number of rotatable bonds is 2. The molecule has 1 aliphatic rings. The summed E-state index contributed by atoms with van der Waals surface area (Å²) in [4.78, 5) is 22.4. The van der Waals surface area contributed by atoms with Crippen molar-refractivity contribution in [3.63, 3.8) is 0 Å². The van der Waals surface area contributed by atoms with E-state index in [1.54, 1.807) is 23.7 Å². The Morgan fingerprint density at radius 3 is 3.18 bits per heavy atom. The third kappa shape index (κ3) is 2.45. The van der Waals surface area contributed by atoms with Gasteiger partial charge in [0.2, 0.25) is 0 Å². The summed E-state index contributed by atoms with van der Waals surface area (Å²) in [6.07, 6.45) is 4.39. The molecule has 0 radical (unpaired) electrons. The number of H-pyrrole nitrogens is 1. The molecule has 22 heavy (non-hydrogen) atoms. The lowest BCUT2D eigenvalue weighted by molar-refractivity contribution is 0.246. The number of fused-ring (bicyclic) bond motifs is 2. The van der Waals surface area contributed by atoms with Crippen molar-refractivity contribution >= 4 is 33.0 Å². The average Bonchev–Trinajstić information content (AvgIpc) is 2.92. The Balaban J connectivity index is 1.60. The molecule has 3 aromatic rings. The predicted octanol–water partition coefficient (Wildman–Crippen LogP) is 3.20. The molecule has 1 aliphatic heterocycles. The molecule has 0 saturated carbocycles. The molecule has 0 aromatic carbocycles. The van der Waals surface area contributed by atoms with Gasteiger partial charge in [0.15, 0.2) is 0 Å². The fourth-order valence-corrected chi connectivity index (χ4v) is 4.32. The fourth-order valence-electron chi connectivity index (χ4n) is 2.96. The summed E-state index contributed by atoms with van der Waals surface area (Å²) in [5, 5.41) is 1.70. The van der Waals surface area contributed by atoms with E-state index >= 15 is 0 Å². The monoisotopic (exact) mass is 331 g/mol. The fraction of sp³-hybridized carbons (Fsp3) is 0.250. The zero-order valence-corrected chi connectivity index (χ0v) is 13.4. The highest BCUT2D eigenvalue weighted by Crippen LogP contribution is 2.31. The van der Waals surface area contributed by atoms with Crippen LogP contribution in [0.2, 0.25) is 5.15 Å². The van der Waals surface area contributed by atoms with Gasteiger partial charge in [-0.15, -0.1) is 11.3 Å². The Morgan fingerprint density at radius 2 is 2.32 bits per heavy atom. The van der Waals surface area contributed by atoms with Crippen LogP contribution in [-0.2, 0) is 19.5 Å². The Morgan fingerprint density at radius 1 is 1.41 bits per heavy atom. The summed E-state index contributed by atoms with van der Waals surface area (Å²) in [5.74, 6) is 0. The van der Waals surface area contributed by atoms with E-state index in [2.05, 4.69) is 20.9 Å². The molecule has 112 valence electrons. The minimum absolute atomic E-state index is 0.0331. The van der Waals surface area contributed by atoms with Crippen molar-refractivity contribution in [1.82, 2.24) is 14.9 Å². The lowest BCUT2D eigenvalue weighted by Crippen LogP contribution is -2.34. The number of aromatic amines is 1. The topological polar surface area (TPSA) is 49.0 Å². The van der Waals surface area contributed by atoms with Gasteiger partial charge in [-0.2, -0.15) is 0 Å². The van der Waals surface area contributed by atoms with E-state index in [9.17, 15) is 4.79 Å². The maximum atomic E-state index is 11.9. The normalized spacial score (nSPS) is 15.1. The average molecular weight is 332 g/mol. The number of nitrogens with one attached hydrogen (secondary N) is 1. The SMILES string of the molecule is O=c1[nH]ccc2c1CN(Cc1cc3ccnc(Cl)c3s1)CC2. The van der Waals surface area contributed by atoms with Crippen LogP contribution in [0.15, 0.2) is 35.4 Å². The Hall–Kier alpha value is -1.69. The van der Waals surface area contributed by atoms with Crippen LogP contribution in [0.25, 0.3) is 10.1 Å². The van der Waals surface area contributed by atoms with E-state index in [4.69, 9.17) is 11.6 Å². The quantitative estimate of drug-likeness (QED) is 0.734. The summed E-state index contributed by atoms with van der Waals surface area (Å²) in [5.41, 5.74) is 2.10. The molecule has 0 bridgehead atoms. The van der Waals surface area contributed by atoms with Gasteiger partial charge in [-0.3, -0.25) is 9.69 Å². The summed E-state index contributed by atoms with van der Waals surface area (Å²) < 4.78 is 1.04. The van der Waals surface area contributed by atoms with Gasteiger partial charge in [-0.25, -0.2) is 4.98 Å². The molecular weight excluding hydrogens is 318 g/mol. The molecule has 0 unspecified atom stereocenters. The number of hydrogen-bond acceptors (Lipinski definition) is 4. The lowest BCUT2D eigenvalue weighted by atomic mass is 10.0. The Labute approximate surface area is 136 Å². The Bertz CT molecular complexity index is 902. The van der Waals surface area contributed by atoms with Gasteiger partial charge < -0.3 is 4.98 Å². The van der Waals surface area contributed by atoms with E-state index in [1.807, 2.05) is 12.1 Å². The molecule has 4 heterocycles. The molecule has 0 fully saturated rings. The summed E-state index contributed by atoms with van der Waals surface area (Å²) in [7, 11) is 0.